The van der Waals surface area contributed by atoms with Crippen molar-refractivity contribution in [1.29, 1.82) is 5.26 Å². The van der Waals surface area contributed by atoms with Gasteiger partial charge in [-0.2, -0.15) is 5.26 Å². The molecule has 1 atom stereocenters. The largest absolute Gasteiger partial charge is 0.339 e. The number of nitriles is 1. The molecule has 2 amide bonds. The van der Waals surface area contributed by atoms with Crippen LogP contribution < -0.4 is 0 Å². The molecular formula is C19H24N4O2. The summed E-state index contributed by atoms with van der Waals surface area (Å²) in [5.74, 6) is 0.217. The lowest BCUT2D eigenvalue weighted by Gasteiger charge is -2.37. The van der Waals surface area contributed by atoms with E-state index in [2.05, 4.69) is 6.07 Å². The van der Waals surface area contributed by atoms with E-state index >= 15 is 0 Å². The van der Waals surface area contributed by atoms with Gasteiger partial charge in [-0.15, -0.1) is 0 Å². The second-order valence-corrected chi connectivity index (χ2v) is 7.02. The number of rotatable bonds is 4. The highest BCUT2D eigenvalue weighted by Crippen LogP contribution is 2.21. The molecule has 2 fully saturated rings. The summed E-state index contributed by atoms with van der Waals surface area (Å²) in [7, 11) is 0. The molecule has 3 rings (SSSR count). The summed E-state index contributed by atoms with van der Waals surface area (Å²) in [5, 5.41) is 8.85. The zero-order valence-electron chi connectivity index (χ0n) is 14.8. The van der Waals surface area contributed by atoms with Crippen LogP contribution in [0.15, 0.2) is 24.3 Å². The van der Waals surface area contributed by atoms with E-state index in [9.17, 15) is 9.59 Å². The quantitative estimate of drug-likeness (QED) is 0.826. The molecule has 25 heavy (non-hydrogen) atoms. The number of piperazine rings is 1. The third kappa shape index (κ3) is 3.67. The smallest absolute Gasteiger partial charge is 0.240 e. The first-order valence-corrected chi connectivity index (χ1v) is 8.81. The molecule has 2 aliphatic heterocycles. The van der Waals surface area contributed by atoms with Crippen molar-refractivity contribution < 1.29 is 9.59 Å². The standard InChI is InChI=1S/C19H24N4O2/c1-14(2)23-8-7-17(19(23)25)21-9-10-22(18(24)13-21)12-16-5-3-15(11-20)4-6-16/h3-6,14,17H,7-10,12-13H2,1-2H3/t17-/m1/s1. The molecule has 0 aromatic heterocycles. The predicted octanol–water partition coefficient (Wildman–Crippen LogP) is 1.21. The van der Waals surface area contributed by atoms with Crippen molar-refractivity contribution >= 4 is 11.8 Å². The van der Waals surface area contributed by atoms with E-state index in [1.54, 1.807) is 12.1 Å². The summed E-state index contributed by atoms with van der Waals surface area (Å²) in [6.07, 6.45) is 0.805. The summed E-state index contributed by atoms with van der Waals surface area (Å²) in [6.45, 7) is 7.05. The SMILES string of the molecule is CC(C)N1CC[C@@H](N2CCN(Cc3ccc(C#N)cc3)C(=O)C2)C1=O. The van der Waals surface area contributed by atoms with Crippen LogP contribution in [0.2, 0.25) is 0 Å². The van der Waals surface area contributed by atoms with E-state index in [-0.39, 0.29) is 23.9 Å². The Morgan fingerprint density at radius 1 is 1.16 bits per heavy atom. The van der Waals surface area contributed by atoms with Gasteiger partial charge in [0.05, 0.1) is 24.2 Å². The summed E-state index contributed by atoms with van der Waals surface area (Å²) in [4.78, 5) is 30.8. The number of likely N-dealkylation sites (tertiary alicyclic amines) is 1. The fourth-order valence-electron chi connectivity index (χ4n) is 3.60. The Balaban J connectivity index is 1.58. The topological polar surface area (TPSA) is 67.7 Å². The van der Waals surface area contributed by atoms with E-state index in [0.29, 0.717) is 25.2 Å². The van der Waals surface area contributed by atoms with Gasteiger partial charge in [0.1, 0.15) is 0 Å². The first-order valence-electron chi connectivity index (χ1n) is 8.81. The molecule has 2 heterocycles. The first kappa shape index (κ1) is 17.4. The minimum atomic E-state index is -0.150. The van der Waals surface area contributed by atoms with Crippen LogP contribution in [0.5, 0.6) is 0 Å². The number of nitrogens with zero attached hydrogens (tertiary/aromatic N) is 4. The Bertz CT molecular complexity index is 692. The van der Waals surface area contributed by atoms with Gasteiger partial charge in [-0.3, -0.25) is 14.5 Å². The van der Waals surface area contributed by atoms with Crippen molar-refractivity contribution in [1.82, 2.24) is 14.7 Å². The van der Waals surface area contributed by atoms with Crippen LogP contribution >= 0.6 is 0 Å². The van der Waals surface area contributed by atoms with Crippen molar-refractivity contribution in [3.63, 3.8) is 0 Å². The Morgan fingerprint density at radius 2 is 1.88 bits per heavy atom. The van der Waals surface area contributed by atoms with Crippen LogP contribution in [-0.4, -0.2) is 64.8 Å². The summed E-state index contributed by atoms with van der Waals surface area (Å²) in [6, 6.07) is 9.48. The molecule has 0 bridgehead atoms. The van der Waals surface area contributed by atoms with Crippen LogP contribution in [0.4, 0.5) is 0 Å². The van der Waals surface area contributed by atoms with E-state index in [1.165, 1.54) is 0 Å². The maximum Gasteiger partial charge on any atom is 0.240 e. The molecule has 2 saturated heterocycles. The molecule has 6 nitrogen and oxygen atoms in total. The van der Waals surface area contributed by atoms with E-state index in [0.717, 1.165) is 25.1 Å². The van der Waals surface area contributed by atoms with Crippen LogP contribution in [-0.2, 0) is 16.1 Å². The van der Waals surface area contributed by atoms with E-state index in [1.807, 2.05) is 40.7 Å². The molecule has 0 spiro atoms. The third-order valence-corrected chi connectivity index (χ3v) is 5.08. The molecule has 1 aromatic rings. The average Bonchev–Trinajstić information content (AvgIpc) is 2.99. The maximum absolute atomic E-state index is 12.5. The van der Waals surface area contributed by atoms with Crippen LogP contribution in [0.25, 0.3) is 0 Å². The van der Waals surface area contributed by atoms with Crippen LogP contribution in [0, 0.1) is 11.3 Å². The summed E-state index contributed by atoms with van der Waals surface area (Å²) >= 11 is 0. The van der Waals surface area contributed by atoms with Gasteiger partial charge in [-0.25, -0.2) is 0 Å². The molecular weight excluding hydrogens is 316 g/mol. The second kappa shape index (κ2) is 7.24. The van der Waals surface area contributed by atoms with Gasteiger partial charge in [-0.05, 0) is 38.0 Å². The Hall–Kier alpha value is -2.39. The third-order valence-electron chi connectivity index (χ3n) is 5.08. The molecule has 1 aromatic carbocycles. The summed E-state index contributed by atoms with van der Waals surface area (Å²) < 4.78 is 0. The van der Waals surface area contributed by atoms with Crippen LogP contribution in [0.1, 0.15) is 31.4 Å². The Kier molecular flexibility index (Phi) is 5.05. The lowest BCUT2D eigenvalue weighted by Crippen LogP contribution is -2.55. The molecule has 0 aliphatic carbocycles. The lowest BCUT2D eigenvalue weighted by atomic mass is 10.1. The molecule has 0 radical (unpaired) electrons. The fourth-order valence-corrected chi connectivity index (χ4v) is 3.60. The maximum atomic E-state index is 12.5. The first-order chi connectivity index (χ1) is 12.0. The zero-order chi connectivity index (χ0) is 18.0. The number of carbonyl (C=O) groups excluding carboxylic acids is 2. The van der Waals surface area contributed by atoms with E-state index in [4.69, 9.17) is 5.26 Å². The second-order valence-electron chi connectivity index (χ2n) is 7.02. The molecule has 2 aliphatic rings. The highest BCUT2D eigenvalue weighted by molar-refractivity contribution is 5.86. The predicted molar refractivity (Wildman–Crippen MR) is 93.4 cm³/mol. The number of amides is 2. The van der Waals surface area contributed by atoms with Gasteiger partial charge in [0.2, 0.25) is 11.8 Å². The number of hydrogen-bond donors (Lipinski definition) is 0. The molecule has 0 unspecified atom stereocenters. The van der Waals surface area contributed by atoms with Gasteiger partial charge >= 0.3 is 0 Å². The minimum Gasteiger partial charge on any atom is -0.339 e. The van der Waals surface area contributed by atoms with Gasteiger partial charge in [-0.1, -0.05) is 12.1 Å². The highest BCUT2D eigenvalue weighted by atomic mass is 16.2. The number of benzene rings is 1. The molecule has 0 saturated carbocycles. The normalized spacial score (nSPS) is 21.9. The number of hydrogen-bond acceptors (Lipinski definition) is 4. The van der Waals surface area contributed by atoms with Gasteiger partial charge in [0.15, 0.2) is 0 Å². The highest BCUT2D eigenvalue weighted by Gasteiger charge is 2.39. The van der Waals surface area contributed by atoms with Crippen molar-refractivity contribution in [2.45, 2.75) is 38.9 Å². The monoisotopic (exact) mass is 340 g/mol. The van der Waals surface area contributed by atoms with E-state index < -0.39 is 0 Å². The molecule has 0 N–H and O–H groups in total. The zero-order valence-corrected chi connectivity index (χ0v) is 14.8. The van der Waals surface area contributed by atoms with Crippen molar-refractivity contribution in [3.8, 4) is 6.07 Å². The minimum absolute atomic E-state index is 0.0615. The summed E-state index contributed by atoms with van der Waals surface area (Å²) in [5.41, 5.74) is 1.64. The average molecular weight is 340 g/mol. The number of carbonyl (C=O) groups is 2. The van der Waals surface area contributed by atoms with Crippen molar-refractivity contribution in [3.05, 3.63) is 35.4 Å². The van der Waals surface area contributed by atoms with Crippen molar-refractivity contribution in [2.24, 2.45) is 0 Å². The van der Waals surface area contributed by atoms with Gasteiger partial charge < -0.3 is 9.80 Å². The van der Waals surface area contributed by atoms with Crippen molar-refractivity contribution in [2.75, 3.05) is 26.2 Å². The lowest BCUT2D eigenvalue weighted by molar-refractivity contribution is -0.141. The Labute approximate surface area is 148 Å². The van der Waals surface area contributed by atoms with Gasteiger partial charge in [0, 0.05) is 32.2 Å². The van der Waals surface area contributed by atoms with Gasteiger partial charge in [0.25, 0.3) is 0 Å². The molecule has 132 valence electrons. The van der Waals surface area contributed by atoms with Crippen LogP contribution in [0.3, 0.4) is 0 Å². The fraction of sp³-hybridized carbons (Fsp3) is 0.526. The molecule has 6 heteroatoms. The Morgan fingerprint density at radius 3 is 2.44 bits per heavy atom.